The molecule has 80 valence electrons. The summed E-state index contributed by atoms with van der Waals surface area (Å²) in [6.45, 7) is 1.09. The number of aliphatic carboxylic acids is 1. The minimum Gasteiger partial charge on any atom is -0.480 e. The number of hydrogen-bond donors (Lipinski definition) is 3. The van der Waals surface area contributed by atoms with Gasteiger partial charge in [-0.3, -0.25) is 4.55 Å². The van der Waals surface area contributed by atoms with E-state index in [1.165, 1.54) is 0 Å². The molecule has 3 N–H and O–H groups in total. The number of carboxylic acid groups (broad SMARTS) is 1. The topological polar surface area (TPSA) is 112 Å². The summed E-state index contributed by atoms with van der Waals surface area (Å²) in [6.07, 6.45) is 1.33. The Bertz CT molecular complexity index is 219. The van der Waals surface area contributed by atoms with Gasteiger partial charge in [0.15, 0.2) is 0 Å². The van der Waals surface area contributed by atoms with Gasteiger partial charge in [0.2, 0.25) is 0 Å². The van der Waals surface area contributed by atoms with Gasteiger partial charge < -0.3 is 10.2 Å². The second-order valence-corrected chi connectivity index (χ2v) is 3.76. The number of hydrogen-bond acceptors (Lipinski definition) is 4. The molecule has 0 saturated carbocycles. The molecule has 0 aromatic carbocycles. The van der Waals surface area contributed by atoms with Gasteiger partial charge in [-0.2, -0.15) is 8.42 Å². The number of unbranched alkanes of at least 4 members (excludes halogenated alkanes) is 1. The van der Waals surface area contributed by atoms with E-state index in [0.29, 0.717) is 6.42 Å². The first-order chi connectivity index (χ1) is 5.83. The third kappa shape index (κ3) is 24.6. The molecule has 0 fully saturated rings. The molecule has 0 radical (unpaired) electrons. The average molecular weight is 214 g/mol. The maximum absolute atomic E-state index is 9.95. The average Bonchev–Trinajstić information content (AvgIpc) is 2.00. The lowest BCUT2D eigenvalue weighted by Gasteiger charge is -1.90. The van der Waals surface area contributed by atoms with Crippen molar-refractivity contribution in [2.75, 3.05) is 12.4 Å². The quantitative estimate of drug-likeness (QED) is 0.556. The van der Waals surface area contributed by atoms with E-state index < -0.39 is 22.7 Å². The van der Waals surface area contributed by atoms with Crippen LogP contribution in [0, 0.1) is 0 Å². The molecule has 0 rings (SSSR count). The Balaban J connectivity index is 0. The second-order valence-electron chi connectivity index (χ2n) is 2.19. The molecule has 0 aromatic heterocycles. The number of aliphatic hydroxyl groups excluding tert-OH is 1. The van der Waals surface area contributed by atoms with E-state index in [1.807, 2.05) is 6.92 Å². The van der Waals surface area contributed by atoms with Crippen molar-refractivity contribution in [3.05, 3.63) is 0 Å². The highest BCUT2D eigenvalue weighted by Crippen LogP contribution is 1.90. The van der Waals surface area contributed by atoms with E-state index in [0.717, 1.165) is 6.42 Å². The maximum atomic E-state index is 9.95. The summed E-state index contributed by atoms with van der Waals surface area (Å²) in [5.74, 6) is -1.30. The Kier molecular flexibility index (Phi) is 9.09. The van der Waals surface area contributed by atoms with Gasteiger partial charge in [0.05, 0.1) is 5.75 Å². The molecule has 0 aliphatic heterocycles. The molecule has 0 aliphatic rings. The van der Waals surface area contributed by atoms with Crippen LogP contribution in [0.1, 0.15) is 19.8 Å². The Morgan fingerprint density at radius 1 is 1.38 bits per heavy atom. The van der Waals surface area contributed by atoms with Crippen molar-refractivity contribution in [3.8, 4) is 0 Å². The van der Waals surface area contributed by atoms with Crippen molar-refractivity contribution in [1.82, 2.24) is 0 Å². The molecule has 0 amide bonds. The van der Waals surface area contributed by atoms with Gasteiger partial charge in [0, 0.05) is 0 Å². The fraction of sp³-hybridized carbons (Fsp3) is 0.833. The van der Waals surface area contributed by atoms with Gasteiger partial charge in [-0.1, -0.05) is 13.3 Å². The van der Waals surface area contributed by atoms with Crippen molar-refractivity contribution in [2.45, 2.75) is 19.8 Å². The van der Waals surface area contributed by atoms with Gasteiger partial charge in [-0.25, -0.2) is 4.79 Å². The zero-order valence-corrected chi connectivity index (χ0v) is 8.12. The highest BCUT2D eigenvalue weighted by Gasteiger charge is 2.00. The van der Waals surface area contributed by atoms with Crippen molar-refractivity contribution in [2.24, 2.45) is 0 Å². The first-order valence-corrected chi connectivity index (χ1v) is 5.22. The van der Waals surface area contributed by atoms with Crippen molar-refractivity contribution in [3.63, 3.8) is 0 Å². The number of carbonyl (C=O) groups is 1. The monoisotopic (exact) mass is 214 g/mol. The molecule has 7 heteroatoms. The van der Waals surface area contributed by atoms with Crippen molar-refractivity contribution in [1.29, 1.82) is 0 Å². The van der Waals surface area contributed by atoms with Crippen molar-refractivity contribution < 1.29 is 28.0 Å². The van der Waals surface area contributed by atoms with E-state index in [9.17, 15) is 8.42 Å². The molecule has 0 bridgehead atoms. The fourth-order valence-corrected chi connectivity index (χ4v) is 0.980. The Morgan fingerprint density at radius 2 is 1.77 bits per heavy atom. The van der Waals surface area contributed by atoms with Gasteiger partial charge in [0.1, 0.15) is 6.61 Å². The lowest BCUT2D eigenvalue weighted by atomic mass is 10.4. The van der Waals surface area contributed by atoms with Crippen LogP contribution in [-0.2, 0) is 14.9 Å². The first-order valence-electron chi connectivity index (χ1n) is 3.61. The predicted octanol–water partition coefficient (Wildman–Crippen LogP) is -0.262. The van der Waals surface area contributed by atoms with Crippen LogP contribution < -0.4 is 0 Å². The van der Waals surface area contributed by atoms with Gasteiger partial charge >= 0.3 is 5.97 Å². The lowest BCUT2D eigenvalue weighted by Crippen LogP contribution is -2.02. The SMILES string of the molecule is CCCCS(=O)(=O)O.O=C(O)CO. The molecule has 13 heavy (non-hydrogen) atoms. The standard InChI is InChI=1S/C4H10O3S.C2H4O3/c1-2-3-4-8(5,6)7;3-1-2(4)5/h2-4H2,1H3,(H,5,6,7);3H,1H2,(H,4,5). The third-order valence-electron chi connectivity index (χ3n) is 0.891. The summed E-state index contributed by atoms with van der Waals surface area (Å²) in [5, 5.41) is 15.0. The third-order valence-corrected chi connectivity index (χ3v) is 1.70. The lowest BCUT2D eigenvalue weighted by molar-refractivity contribution is -0.140. The fourth-order valence-electron chi connectivity index (χ4n) is 0.327. The van der Waals surface area contributed by atoms with Crippen molar-refractivity contribution >= 4 is 16.1 Å². The van der Waals surface area contributed by atoms with E-state index in [1.54, 1.807) is 0 Å². The first kappa shape index (κ1) is 14.8. The van der Waals surface area contributed by atoms with E-state index >= 15 is 0 Å². The summed E-state index contributed by atoms with van der Waals surface area (Å²) in [6, 6.07) is 0. The minimum atomic E-state index is -3.69. The molecule has 0 unspecified atom stereocenters. The number of carboxylic acids is 1. The van der Waals surface area contributed by atoms with E-state index in [-0.39, 0.29) is 5.75 Å². The Hall–Kier alpha value is -0.660. The summed E-state index contributed by atoms with van der Waals surface area (Å²) in [7, 11) is -3.69. The molecule has 0 saturated heterocycles. The molecule has 0 heterocycles. The molecule has 0 spiro atoms. The van der Waals surface area contributed by atoms with E-state index in [4.69, 9.17) is 19.6 Å². The van der Waals surface area contributed by atoms with Crippen LogP contribution in [0.2, 0.25) is 0 Å². The van der Waals surface area contributed by atoms with Gasteiger partial charge in [-0.05, 0) is 6.42 Å². The molecule has 6 nitrogen and oxygen atoms in total. The van der Waals surface area contributed by atoms with Crippen LogP contribution >= 0.6 is 0 Å². The van der Waals surface area contributed by atoms with Crippen LogP contribution in [0.3, 0.4) is 0 Å². The van der Waals surface area contributed by atoms with Gasteiger partial charge in [-0.15, -0.1) is 0 Å². The Labute approximate surface area is 76.9 Å². The number of aliphatic hydroxyl groups is 1. The molecular weight excluding hydrogens is 200 g/mol. The molecule has 0 aromatic rings. The highest BCUT2D eigenvalue weighted by atomic mass is 32.2. The van der Waals surface area contributed by atoms with Crippen LogP contribution in [0.5, 0.6) is 0 Å². The van der Waals surface area contributed by atoms with Crippen LogP contribution in [0.25, 0.3) is 0 Å². The molecule has 0 atom stereocenters. The molecule has 0 aliphatic carbocycles. The number of rotatable bonds is 4. The summed E-state index contributed by atoms with van der Waals surface area (Å²) in [4.78, 5) is 9.12. The zero-order valence-electron chi connectivity index (χ0n) is 7.30. The minimum absolute atomic E-state index is 0.108. The van der Waals surface area contributed by atoms with Gasteiger partial charge in [0.25, 0.3) is 10.1 Å². The predicted molar refractivity (Wildman–Crippen MR) is 46.0 cm³/mol. The maximum Gasteiger partial charge on any atom is 0.329 e. The molecular formula is C6H14O6S. The highest BCUT2D eigenvalue weighted by molar-refractivity contribution is 7.85. The second kappa shape index (κ2) is 7.96. The smallest absolute Gasteiger partial charge is 0.329 e. The largest absolute Gasteiger partial charge is 0.480 e. The zero-order chi connectivity index (χ0) is 10.9. The summed E-state index contributed by atoms with van der Waals surface area (Å²) < 4.78 is 28.0. The Morgan fingerprint density at radius 3 is 1.85 bits per heavy atom. The summed E-state index contributed by atoms with van der Waals surface area (Å²) in [5.41, 5.74) is 0. The van der Waals surface area contributed by atoms with Crippen LogP contribution in [-0.4, -0.2) is 41.5 Å². The van der Waals surface area contributed by atoms with E-state index in [2.05, 4.69) is 0 Å². The van der Waals surface area contributed by atoms with Crippen LogP contribution in [0.15, 0.2) is 0 Å². The summed E-state index contributed by atoms with van der Waals surface area (Å²) >= 11 is 0. The normalized spacial score (nSPS) is 10.1. The van der Waals surface area contributed by atoms with Crippen LogP contribution in [0.4, 0.5) is 0 Å².